The lowest BCUT2D eigenvalue weighted by atomic mass is 10.1. The van der Waals surface area contributed by atoms with E-state index in [1.165, 1.54) is 19.4 Å². The molecule has 2 aliphatic rings. The van der Waals surface area contributed by atoms with E-state index in [1.54, 1.807) is 0 Å². The average molecular weight is 201 g/mol. The molecule has 0 aromatic carbocycles. The molecule has 2 heterocycles. The summed E-state index contributed by atoms with van der Waals surface area (Å²) in [6.45, 7) is 1.79. The molecule has 0 radical (unpaired) electrons. The van der Waals surface area contributed by atoms with Crippen molar-refractivity contribution in [3.05, 3.63) is 0 Å². The molecule has 0 spiro atoms. The van der Waals surface area contributed by atoms with E-state index in [9.17, 15) is 0 Å². The fraction of sp³-hybridized carbons (Fsp3) is 1.00. The summed E-state index contributed by atoms with van der Waals surface area (Å²) in [5, 5.41) is 8.88. The van der Waals surface area contributed by atoms with Gasteiger partial charge in [0.1, 0.15) is 6.10 Å². The van der Waals surface area contributed by atoms with Crippen molar-refractivity contribution >= 4 is 0 Å². The molecule has 0 saturated carbocycles. The molecular weight excluding hydrogens is 182 g/mol. The molecule has 0 aromatic heterocycles. The third-order valence-corrected chi connectivity index (χ3v) is 3.15. The van der Waals surface area contributed by atoms with Crippen LogP contribution >= 0.6 is 0 Å². The monoisotopic (exact) mass is 201 g/mol. The summed E-state index contributed by atoms with van der Waals surface area (Å²) in [6, 6.07) is 0.595. The number of aliphatic hydroxyl groups excluding tert-OH is 1. The molecule has 0 aliphatic carbocycles. The van der Waals surface area contributed by atoms with Crippen LogP contribution in [0.15, 0.2) is 0 Å². The van der Waals surface area contributed by atoms with E-state index in [0.717, 1.165) is 6.42 Å². The van der Waals surface area contributed by atoms with Crippen LogP contribution in [-0.4, -0.2) is 55.2 Å². The first-order chi connectivity index (χ1) is 6.79. The minimum absolute atomic E-state index is 0.0665. The second kappa shape index (κ2) is 4.57. The van der Waals surface area contributed by atoms with Gasteiger partial charge in [0.2, 0.25) is 0 Å². The van der Waals surface area contributed by atoms with Gasteiger partial charge in [-0.25, -0.2) is 0 Å². The van der Waals surface area contributed by atoms with Crippen molar-refractivity contribution in [3.63, 3.8) is 0 Å². The molecule has 1 N–H and O–H groups in total. The van der Waals surface area contributed by atoms with E-state index >= 15 is 0 Å². The molecule has 0 amide bonds. The van der Waals surface area contributed by atoms with Gasteiger partial charge < -0.3 is 19.5 Å². The Bertz CT molecular complexity index is 188. The smallest absolute Gasteiger partial charge is 0.159 e. The van der Waals surface area contributed by atoms with E-state index in [0.29, 0.717) is 12.6 Å². The van der Waals surface area contributed by atoms with Crippen LogP contribution in [0.25, 0.3) is 0 Å². The lowest BCUT2D eigenvalue weighted by molar-refractivity contribution is -0.0784. The zero-order valence-corrected chi connectivity index (χ0v) is 8.69. The SMILES string of the molecule is CN1CCCC1CC1OCC(CO)O1. The van der Waals surface area contributed by atoms with Gasteiger partial charge in [0, 0.05) is 12.5 Å². The molecule has 14 heavy (non-hydrogen) atoms. The molecule has 0 aromatic rings. The number of ether oxygens (including phenoxy) is 2. The maximum absolute atomic E-state index is 8.88. The molecule has 3 atom stereocenters. The molecule has 2 fully saturated rings. The Labute approximate surface area is 84.8 Å². The van der Waals surface area contributed by atoms with E-state index in [2.05, 4.69) is 11.9 Å². The first-order valence-corrected chi connectivity index (χ1v) is 5.37. The average Bonchev–Trinajstić information content (AvgIpc) is 2.77. The van der Waals surface area contributed by atoms with E-state index in [-0.39, 0.29) is 19.0 Å². The molecular formula is C10H19NO3. The summed E-state index contributed by atoms with van der Waals surface area (Å²) in [6.07, 6.45) is 3.25. The highest BCUT2D eigenvalue weighted by atomic mass is 16.7. The summed E-state index contributed by atoms with van der Waals surface area (Å²) < 4.78 is 11.0. The van der Waals surface area contributed by atoms with Crippen LogP contribution in [0.3, 0.4) is 0 Å². The maximum Gasteiger partial charge on any atom is 0.159 e. The summed E-state index contributed by atoms with van der Waals surface area (Å²) >= 11 is 0. The fourth-order valence-electron chi connectivity index (χ4n) is 2.23. The molecule has 2 rings (SSSR count). The van der Waals surface area contributed by atoms with Gasteiger partial charge in [-0.3, -0.25) is 0 Å². The number of hydrogen-bond donors (Lipinski definition) is 1. The number of aliphatic hydroxyl groups is 1. The Hall–Kier alpha value is -0.160. The van der Waals surface area contributed by atoms with Crippen molar-refractivity contribution in [2.75, 3.05) is 26.8 Å². The van der Waals surface area contributed by atoms with Crippen LogP contribution in [0, 0.1) is 0 Å². The second-order valence-electron chi connectivity index (χ2n) is 4.22. The zero-order chi connectivity index (χ0) is 9.97. The van der Waals surface area contributed by atoms with Gasteiger partial charge in [-0.05, 0) is 26.4 Å². The van der Waals surface area contributed by atoms with E-state index in [4.69, 9.17) is 14.6 Å². The predicted octanol–water partition coefficient (Wildman–Crippen LogP) is 0.204. The second-order valence-corrected chi connectivity index (χ2v) is 4.22. The van der Waals surface area contributed by atoms with Crippen LogP contribution < -0.4 is 0 Å². The third kappa shape index (κ3) is 2.25. The fourth-order valence-corrected chi connectivity index (χ4v) is 2.23. The van der Waals surface area contributed by atoms with Crippen molar-refractivity contribution in [2.45, 2.75) is 37.7 Å². The molecule has 0 bridgehead atoms. The Morgan fingerprint density at radius 2 is 2.36 bits per heavy atom. The highest BCUT2D eigenvalue weighted by Gasteiger charge is 2.30. The summed E-state index contributed by atoms with van der Waals surface area (Å²) in [4.78, 5) is 2.36. The topological polar surface area (TPSA) is 41.9 Å². The van der Waals surface area contributed by atoms with Gasteiger partial charge in [0.05, 0.1) is 13.2 Å². The van der Waals surface area contributed by atoms with Crippen molar-refractivity contribution in [3.8, 4) is 0 Å². The third-order valence-electron chi connectivity index (χ3n) is 3.15. The predicted molar refractivity (Wildman–Crippen MR) is 52.0 cm³/mol. The van der Waals surface area contributed by atoms with Gasteiger partial charge in [0.15, 0.2) is 6.29 Å². The van der Waals surface area contributed by atoms with Gasteiger partial charge in [-0.15, -0.1) is 0 Å². The number of nitrogens with zero attached hydrogens (tertiary/aromatic N) is 1. The van der Waals surface area contributed by atoms with Gasteiger partial charge in [-0.2, -0.15) is 0 Å². The normalized spacial score (nSPS) is 39.4. The molecule has 2 aliphatic heterocycles. The minimum Gasteiger partial charge on any atom is -0.394 e. The number of hydrogen-bond acceptors (Lipinski definition) is 4. The minimum atomic E-state index is -0.105. The Balaban J connectivity index is 1.75. The lowest BCUT2D eigenvalue weighted by Crippen LogP contribution is -2.29. The molecule has 82 valence electrons. The highest BCUT2D eigenvalue weighted by Crippen LogP contribution is 2.23. The Morgan fingerprint density at radius 3 is 2.93 bits per heavy atom. The number of rotatable bonds is 3. The largest absolute Gasteiger partial charge is 0.394 e. The summed E-state index contributed by atoms with van der Waals surface area (Å²) in [5.74, 6) is 0. The Kier molecular flexibility index (Phi) is 3.38. The molecule has 3 unspecified atom stereocenters. The first kappa shape index (κ1) is 10.4. The van der Waals surface area contributed by atoms with Crippen molar-refractivity contribution < 1.29 is 14.6 Å². The van der Waals surface area contributed by atoms with Crippen LogP contribution in [0.1, 0.15) is 19.3 Å². The quantitative estimate of drug-likeness (QED) is 0.708. The maximum atomic E-state index is 8.88. The van der Waals surface area contributed by atoms with Crippen LogP contribution in [0.4, 0.5) is 0 Å². The van der Waals surface area contributed by atoms with E-state index in [1.807, 2.05) is 0 Å². The standard InChI is InChI=1S/C10H19NO3/c1-11-4-2-3-8(11)5-10-13-7-9(6-12)14-10/h8-10,12H,2-7H2,1H3. The van der Waals surface area contributed by atoms with Gasteiger partial charge in [0.25, 0.3) is 0 Å². The van der Waals surface area contributed by atoms with Crippen molar-refractivity contribution in [1.29, 1.82) is 0 Å². The highest BCUT2D eigenvalue weighted by molar-refractivity contribution is 4.79. The number of likely N-dealkylation sites (tertiary alicyclic amines) is 1. The molecule has 2 saturated heterocycles. The van der Waals surface area contributed by atoms with Gasteiger partial charge in [-0.1, -0.05) is 0 Å². The summed E-state index contributed by atoms with van der Waals surface area (Å²) in [7, 11) is 2.15. The zero-order valence-electron chi connectivity index (χ0n) is 8.69. The van der Waals surface area contributed by atoms with E-state index < -0.39 is 0 Å². The van der Waals surface area contributed by atoms with Crippen molar-refractivity contribution in [1.82, 2.24) is 4.90 Å². The molecule has 4 heteroatoms. The van der Waals surface area contributed by atoms with Crippen LogP contribution in [0.2, 0.25) is 0 Å². The van der Waals surface area contributed by atoms with Crippen LogP contribution in [-0.2, 0) is 9.47 Å². The Morgan fingerprint density at radius 1 is 1.50 bits per heavy atom. The van der Waals surface area contributed by atoms with Crippen LogP contribution in [0.5, 0.6) is 0 Å². The first-order valence-electron chi connectivity index (χ1n) is 5.37. The lowest BCUT2D eigenvalue weighted by Gasteiger charge is -2.21. The summed E-state index contributed by atoms with van der Waals surface area (Å²) in [5.41, 5.74) is 0. The van der Waals surface area contributed by atoms with Gasteiger partial charge >= 0.3 is 0 Å². The molecule has 4 nitrogen and oxygen atoms in total. The van der Waals surface area contributed by atoms with Crippen molar-refractivity contribution in [2.24, 2.45) is 0 Å².